The van der Waals surface area contributed by atoms with E-state index in [2.05, 4.69) is 20.8 Å². The highest BCUT2D eigenvalue weighted by Gasteiger charge is 2.24. The lowest BCUT2D eigenvalue weighted by Crippen LogP contribution is -2.37. The van der Waals surface area contributed by atoms with Crippen LogP contribution in [0.4, 0.5) is 0 Å². The minimum atomic E-state index is 0.289. The molecule has 1 aliphatic rings. The molecule has 2 N–H and O–H groups in total. The van der Waals surface area contributed by atoms with Crippen LogP contribution in [0.2, 0.25) is 0 Å². The fourth-order valence-electron chi connectivity index (χ4n) is 2.14. The van der Waals surface area contributed by atoms with Gasteiger partial charge in [-0.3, -0.25) is 0 Å². The molecule has 0 heterocycles. The maximum absolute atomic E-state index is 6.18. The summed E-state index contributed by atoms with van der Waals surface area (Å²) in [5.41, 5.74) is 6.47. The molecule has 13 heavy (non-hydrogen) atoms. The molecular weight excluding hydrogens is 158 g/mol. The van der Waals surface area contributed by atoms with Crippen molar-refractivity contribution in [2.75, 3.05) is 0 Å². The van der Waals surface area contributed by atoms with Crippen LogP contribution in [0, 0.1) is 11.3 Å². The van der Waals surface area contributed by atoms with E-state index < -0.39 is 0 Å². The van der Waals surface area contributed by atoms with Crippen LogP contribution >= 0.6 is 0 Å². The summed E-state index contributed by atoms with van der Waals surface area (Å²) in [6, 6.07) is 0.385. The molecule has 0 aromatic rings. The number of hydrogen-bond acceptors (Lipinski definition) is 1. The van der Waals surface area contributed by atoms with Gasteiger partial charge < -0.3 is 5.73 Å². The molecule has 0 saturated heterocycles. The molecule has 0 aromatic carbocycles. The van der Waals surface area contributed by atoms with E-state index in [1.807, 2.05) is 0 Å². The topological polar surface area (TPSA) is 26.0 Å². The van der Waals surface area contributed by atoms with Gasteiger partial charge in [0.1, 0.15) is 0 Å². The van der Waals surface area contributed by atoms with Crippen LogP contribution in [0.5, 0.6) is 0 Å². The molecule has 1 saturated carbocycles. The van der Waals surface area contributed by atoms with Crippen molar-refractivity contribution in [1.82, 2.24) is 0 Å². The smallest absolute Gasteiger partial charge is 0.00902 e. The normalized spacial score (nSPS) is 23.1. The monoisotopic (exact) mass is 183 g/mol. The van der Waals surface area contributed by atoms with E-state index in [9.17, 15) is 0 Å². The molecule has 1 heteroatoms. The van der Waals surface area contributed by atoms with Gasteiger partial charge in [-0.15, -0.1) is 0 Å². The molecule has 0 aromatic heterocycles. The van der Waals surface area contributed by atoms with Gasteiger partial charge in [0.15, 0.2) is 0 Å². The van der Waals surface area contributed by atoms with E-state index in [0.717, 1.165) is 5.92 Å². The summed E-state index contributed by atoms with van der Waals surface area (Å²) in [5.74, 6) is 0.919. The summed E-state index contributed by atoms with van der Waals surface area (Å²) < 4.78 is 0. The highest BCUT2D eigenvalue weighted by atomic mass is 14.7. The van der Waals surface area contributed by atoms with Crippen molar-refractivity contribution in [3.63, 3.8) is 0 Å². The molecule has 1 aliphatic carbocycles. The van der Waals surface area contributed by atoms with Crippen molar-refractivity contribution in [2.24, 2.45) is 17.1 Å². The quantitative estimate of drug-likeness (QED) is 0.698. The van der Waals surface area contributed by atoms with E-state index in [4.69, 9.17) is 5.73 Å². The van der Waals surface area contributed by atoms with Crippen LogP contribution in [0.3, 0.4) is 0 Å². The lowest BCUT2D eigenvalue weighted by molar-refractivity contribution is 0.236. The Morgan fingerprint density at radius 1 is 1.15 bits per heavy atom. The maximum atomic E-state index is 6.18. The molecule has 0 amide bonds. The SMILES string of the molecule is CC(C)(C)C(N)CC1CCCCC1. The molecule has 1 nitrogen and oxygen atoms in total. The summed E-state index contributed by atoms with van der Waals surface area (Å²) >= 11 is 0. The molecule has 1 atom stereocenters. The van der Waals surface area contributed by atoms with Crippen molar-refractivity contribution in [3.05, 3.63) is 0 Å². The summed E-state index contributed by atoms with van der Waals surface area (Å²) in [5, 5.41) is 0. The molecule has 0 aliphatic heterocycles. The minimum Gasteiger partial charge on any atom is -0.327 e. The van der Waals surface area contributed by atoms with Crippen molar-refractivity contribution in [3.8, 4) is 0 Å². The fraction of sp³-hybridized carbons (Fsp3) is 1.00. The van der Waals surface area contributed by atoms with Crippen LogP contribution < -0.4 is 5.73 Å². The Bertz CT molecular complexity index is 140. The van der Waals surface area contributed by atoms with Gasteiger partial charge in [-0.1, -0.05) is 52.9 Å². The third kappa shape index (κ3) is 3.68. The molecule has 1 fully saturated rings. The Labute approximate surface area is 83.1 Å². The molecule has 0 radical (unpaired) electrons. The largest absolute Gasteiger partial charge is 0.327 e. The van der Waals surface area contributed by atoms with Crippen LogP contribution in [-0.2, 0) is 0 Å². The lowest BCUT2D eigenvalue weighted by Gasteiger charge is -2.32. The van der Waals surface area contributed by atoms with Crippen LogP contribution in [-0.4, -0.2) is 6.04 Å². The summed E-state index contributed by atoms with van der Waals surface area (Å²) in [7, 11) is 0. The molecule has 1 unspecified atom stereocenters. The predicted octanol–water partition coefficient (Wildman–Crippen LogP) is 3.33. The molecule has 1 rings (SSSR count). The average molecular weight is 183 g/mol. The second-order valence-electron chi connectivity index (χ2n) is 5.71. The van der Waals surface area contributed by atoms with Crippen LogP contribution in [0.25, 0.3) is 0 Å². The van der Waals surface area contributed by atoms with E-state index in [0.29, 0.717) is 6.04 Å². The fourth-order valence-corrected chi connectivity index (χ4v) is 2.14. The number of nitrogens with two attached hydrogens (primary N) is 1. The zero-order chi connectivity index (χ0) is 9.90. The second kappa shape index (κ2) is 4.45. The van der Waals surface area contributed by atoms with Crippen molar-refractivity contribution in [2.45, 2.75) is 65.3 Å². The van der Waals surface area contributed by atoms with E-state index in [-0.39, 0.29) is 5.41 Å². The van der Waals surface area contributed by atoms with Gasteiger partial charge in [-0.2, -0.15) is 0 Å². The third-order valence-corrected chi connectivity index (χ3v) is 3.42. The first-order chi connectivity index (χ1) is 6.00. The molecule has 0 bridgehead atoms. The highest BCUT2D eigenvalue weighted by Crippen LogP contribution is 2.31. The highest BCUT2D eigenvalue weighted by molar-refractivity contribution is 4.80. The molecule has 0 spiro atoms. The van der Waals surface area contributed by atoms with E-state index >= 15 is 0 Å². The Hall–Kier alpha value is -0.0400. The number of hydrogen-bond donors (Lipinski definition) is 1. The standard InChI is InChI=1S/C12H25N/c1-12(2,3)11(13)9-10-7-5-4-6-8-10/h10-11H,4-9,13H2,1-3H3. The zero-order valence-electron chi connectivity index (χ0n) is 9.47. The Kier molecular flexibility index (Phi) is 3.78. The predicted molar refractivity (Wildman–Crippen MR) is 58.6 cm³/mol. The number of rotatable bonds is 2. The maximum Gasteiger partial charge on any atom is 0.00902 e. The van der Waals surface area contributed by atoms with E-state index in [1.165, 1.54) is 38.5 Å². The average Bonchev–Trinajstić information content (AvgIpc) is 2.04. The Morgan fingerprint density at radius 3 is 2.15 bits per heavy atom. The minimum absolute atomic E-state index is 0.289. The van der Waals surface area contributed by atoms with Gasteiger partial charge in [0.2, 0.25) is 0 Å². The van der Waals surface area contributed by atoms with Crippen molar-refractivity contribution in [1.29, 1.82) is 0 Å². The van der Waals surface area contributed by atoms with Crippen molar-refractivity contribution < 1.29 is 0 Å². The van der Waals surface area contributed by atoms with Gasteiger partial charge >= 0.3 is 0 Å². The van der Waals surface area contributed by atoms with Gasteiger partial charge in [0, 0.05) is 6.04 Å². The van der Waals surface area contributed by atoms with Crippen LogP contribution in [0.1, 0.15) is 59.3 Å². The van der Waals surface area contributed by atoms with Gasteiger partial charge in [-0.25, -0.2) is 0 Å². The van der Waals surface area contributed by atoms with E-state index in [1.54, 1.807) is 0 Å². The summed E-state index contributed by atoms with van der Waals surface area (Å²) in [4.78, 5) is 0. The lowest BCUT2D eigenvalue weighted by atomic mass is 9.77. The zero-order valence-corrected chi connectivity index (χ0v) is 9.47. The first-order valence-corrected chi connectivity index (χ1v) is 5.76. The first kappa shape index (κ1) is 11.0. The molecular formula is C12H25N. The second-order valence-corrected chi connectivity index (χ2v) is 5.71. The van der Waals surface area contributed by atoms with Crippen LogP contribution in [0.15, 0.2) is 0 Å². The van der Waals surface area contributed by atoms with Crippen molar-refractivity contribution >= 4 is 0 Å². The third-order valence-electron chi connectivity index (χ3n) is 3.42. The van der Waals surface area contributed by atoms with Gasteiger partial charge in [0.25, 0.3) is 0 Å². The first-order valence-electron chi connectivity index (χ1n) is 5.76. The van der Waals surface area contributed by atoms with Gasteiger partial charge in [0.05, 0.1) is 0 Å². The summed E-state index contributed by atoms with van der Waals surface area (Å²) in [6.07, 6.45) is 8.39. The van der Waals surface area contributed by atoms with Gasteiger partial charge in [-0.05, 0) is 17.8 Å². The Balaban J connectivity index is 2.30. The Morgan fingerprint density at radius 2 is 1.69 bits per heavy atom. The molecule has 78 valence electrons. The summed E-state index contributed by atoms with van der Waals surface area (Å²) in [6.45, 7) is 6.75.